The van der Waals surface area contributed by atoms with Gasteiger partial charge in [0.2, 0.25) is 0 Å². The number of carbonyl (C=O) groups excluding carboxylic acids is 1. The molecule has 2 atom stereocenters. The van der Waals surface area contributed by atoms with Crippen LogP contribution in [0.2, 0.25) is 0 Å². The lowest BCUT2D eigenvalue weighted by Gasteiger charge is -2.42. The normalized spacial score (nSPS) is 17.1. The van der Waals surface area contributed by atoms with Crippen molar-refractivity contribution in [3.05, 3.63) is 12.7 Å². The van der Waals surface area contributed by atoms with Gasteiger partial charge in [0.15, 0.2) is 0 Å². The van der Waals surface area contributed by atoms with Crippen LogP contribution in [0.25, 0.3) is 0 Å². The first kappa shape index (κ1) is 26.3. The molecule has 0 radical (unpaired) electrons. The van der Waals surface area contributed by atoms with Crippen LogP contribution in [0, 0.1) is 5.92 Å². The van der Waals surface area contributed by atoms with E-state index in [1.165, 1.54) is 0 Å². The summed E-state index contributed by atoms with van der Waals surface area (Å²) in [6, 6.07) is 0. The van der Waals surface area contributed by atoms with Crippen LogP contribution in [0.15, 0.2) is 12.7 Å². The van der Waals surface area contributed by atoms with E-state index in [1.807, 2.05) is 0 Å². The van der Waals surface area contributed by atoms with Crippen LogP contribution in [-0.2, 0) is 9.53 Å². The van der Waals surface area contributed by atoms with Crippen LogP contribution >= 0.6 is 0 Å². The van der Waals surface area contributed by atoms with Crippen LogP contribution in [0.4, 0.5) is 57.1 Å². The fourth-order valence-corrected chi connectivity index (χ4v) is 1.70. The summed E-state index contributed by atoms with van der Waals surface area (Å²) in [6.07, 6.45) is -9.53. The second-order valence-corrected chi connectivity index (χ2v) is 5.55. The van der Waals surface area contributed by atoms with Crippen molar-refractivity contribution in [1.29, 1.82) is 0 Å². The van der Waals surface area contributed by atoms with Gasteiger partial charge in [0.05, 0.1) is 5.92 Å². The maximum Gasteiger partial charge on any atom is 0.460 e. The van der Waals surface area contributed by atoms with E-state index in [4.69, 9.17) is 0 Å². The first-order valence-corrected chi connectivity index (χ1v) is 6.82. The van der Waals surface area contributed by atoms with Gasteiger partial charge in [-0.3, -0.25) is 0 Å². The van der Waals surface area contributed by atoms with E-state index in [9.17, 15) is 61.9 Å². The average molecular weight is 446 g/mol. The zero-order chi connectivity index (χ0) is 23.1. The zero-order valence-electron chi connectivity index (χ0n) is 13.7. The summed E-state index contributed by atoms with van der Waals surface area (Å²) >= 11 is 0. The molecule has 0 aromatic carbocycles. The number of alkyl halides is 13. The topological polar surface area (TPSA) is 26.3 Å². The highest BCUT2D eigenvalue weighted by molar-refractivity contribution is 5.81. The third kappa shape index (κ3) is 3.75. The molecule has 0 aromatic rings. The van der Waals surface area contributed by atoms with Crippen molar-refractivity contribution in [2.75, 3.05) is 0 Å². The van der Waals surface area contributed by atoms with Crippen LogP contribution in [0.1, 0.15) is 13.8 Å². The summed E-state index contributed by atoms with van der Waals surface area (Å²) in [5.74, 6) is -42.1. The van der Waals surface area contributed by atoms with E-state index in [2.05, 4.69) is 11.3 Å². The Morgan fingerprint density at radius 3 is 1.43 bits per heavy atom. The van der Waals surface area contributed by atoms with E-state index < -0.39 is 53.8 Å². The van der Waals surface area contributed by atoms with E-state index in [0.717, 1.165) is 0 Å². The van der Waals surface area contributed by atoms with Crippen LogP contribution in [0.3, 0.4) is 0 Å². The quantitative estimate of drug-likeness (QED) is 0.281. The molecule has 0 aromatic heterocycles. The molecular formula is C13H11F13O2. The molecule has 0 bridgehead atoms. The predicted molar refractivity (Wildman–Crippen MR) is 65.7 cm³/mol. The first-order chi connectivity index (χ1) is 12.0. The van der Waals surface area contributed by atoms with Gasteiger partial charge in [-0.2, -0.15) is 57.1 Å². The van der Waals surface area contributed by atoms with Crippen molar-refractivity contribution in [2.24, 2.45) is 5.92 Å². The maximum absolute atomic E-state index is 13.8. The summed E-state index contributed by atoms with van der Waals surface area (Å²) in [7, 11) is 0. The number of rotatable bonds is 8. The van der Waals surface area contributed by atoms with Gasteiger partial charge in [0, 0.05) is 6.08 Å². The number of hydrogen-bond acceptors (Lipinski definition) is 2. The highest BCUT2D eigenvalue weighted by Gasteiger charge is 2.91. The van der Waals surface area contributed by atoms with Crippen molar-refractivity contribution in [3.63, 3.8) is 0 Å². The second-order valence-electron chi connectivity index (χ2n) is 5.55. The average Bonchev–Trinajstić information content (AvgIpc) is 2.51. The summed E-state index contributed by atoms with van der Waals surface area (Å²) < 4.78 is 173. The Kier molecular flexibility index (Phi) is 6.84. The molecule has 0 fully saturated rings. The number of carbonyl (C=O) groups is 1. The summed E-state index contributed by atoms with van der Waals surface area (Å²) in [5, 5.41) is 0. The van der Waals surface area contributed by atoms with Gasteiger partial charge >= 0.3 is 41.8 Å². The van der Waals surface area contributed by atoms with Gasteiger partial charge in [0.25, 0.3) is 0 Å². The smallest absolute Gasteiger partial charge is 0.459 e. The lowest BCUT2D eigenvalue weighted by Crippen LogP contribution is -2.71. The zero-order valence-corrected chi connectivity index (χ0v) is 13.7. The van der Waals surface area contributed by atoms with Crippen molar-refractivity contribution in [1.82, 2.24) is 0 Å². The molecule has 0 amide bonds. The lowest BCUT2D eigenvalue weighted by molar-refractivity contribution is -0.443. The van der Waals surface area contributed by atoms with Gasteiger partial charge in [-0.1, -0.05) is 13.5 Å². The van der Waals surface area contributed by atoms with E-state index in [1.54, 1.807) is 0 Å². The van der Waals surface area contributed by atoms with Crippen LogP contribution in [-0.4, -0.2) is 47.9 Å². The Balaban J connectivity index is 6.24. The van der Waals surface area contributed by atoms with E-state index >= 15 is 0 Å². The van der Waals surface area contributed by atoms with Gasteiger partial charge < -0.3 is 4.74 Å². The van der Waals surface area contributed by atoms with Crippen molar-refractivity contribution in [3.8, 4) is 0 Å². The molecule has 0 spiro atoms. The summed E-state index contributed by atoms with van der Waals surface area (Å²) in [6.45, 7) is 3.20. The van der Waals surface area contributed by atoms with Gasteiger partial charge in [-0.15, -0.1) is 0 Å². The van der Waals surface area contributed by atoms with Crippen LogP contribution in [0.5, 0.6) is 0 Å². The Morgan fingerprint density at radius 2 is 1.11 bits per heavy atom. The highest BCUT2D eigenvalue weighted by Crippen LogP contribution is 2.61. The molecule has 2 unspecified atom stereocenters. The van der Waals surface area contributed by atoms with E-state index in [-0.39, 0.29) is 6.92 Å². The lowest BCUT2D eigenvalue weighted by atomic mass is 9.86. The Bertz CT molecular complexity index is 594. The molecule has 0 rings (SSSR count). The number of ether oxygens (including phenoxy) is 1. The fraction of sp³-hybridized carbons (Fsp3) is 0.769. The SMILES string of the molecule is C=CC(=O)OC(C)C(C)C(F)(F)C(F)(F)C(F)(F)C(F)(F)C(F)(F)C(F)(F)F. The minimum absolute atomic E-state index is 0.00886. The molecular weight excluding hydrogens is 435 g/mol. The largest absolute Gasteiger partial charge is 0.460 e. The molecule has 166 valence electrons. The number of esters is 1. The third-order valence-corrected chi connectivity index (χ3v) is 3.70. The molecule has 0 aliphatic rings. The fourth-order valence-electron chi connectivity index (χ4n) is 1.70. The van der Waals surface area contributed by atoms with Gasteiger partial charge in [-0.25, -0.2) is 4.79 Å². The second kappa shape index (κ2) is 7.28. The number of halogens is 13. The molecule has 15 heteroatoms. The van der Waals surface area contributed by atoms with Crippen molar-refractivity contribution < 1.29 is 66.6 Å². The van der Waals surface area contributed by atoms with Crippen molar-refractivity contribution >= 4 is 5.97 Å². The highest BCUT2D eigenvalue weighted by atomic mass is 19.4. The maximum atomic E-state index is 13.8. The van der Waals surface area contributed by atoms with Crippen LogP contribution < -0.4 is 0 Å². The molecule has 28 heavy (non-hydrogen) atoms. The van der Waals surface area contributed by atoms with Gasteiger partial charge in [0.1, 0.15) is 6.10 Å². The molecule has 0 heterocycles. The van der Waals surface area contributed by atoms with Gasteiger partial charge in [-0.05, 0) is 6.92 Å². The molecule has 0 saturated heterocycles. The monoisotopic (exact) mass is 446 g/mol. The molecule has 2 nitrogen and oxygen atoms in total. The summed E-state index contributed by atoms with van der Waals surface area (Å²) in [4.78, 5) is 10.8. The van der Waals surface area contributed by atoms with E-state index in [0.29, 0.717) is 13.0 Å². The Labute approximate surface area is 148 Å². The third-order valence-electron chi connectivity index (χ3n) is 3.70. The molecule has 0 aliphatic carbocycles. The van der Waals surface area contributed by atoms with Crippen molar-refractivity contribution in [2.45, 2.75) is 55.7 Å². The first-order valence-electron chi connectivity index (χ1n) is 6.82. The minimum Gasteiger partial charge on any atom is -0.459 e. The Hall–Kier alpha value is -1.70. The molecule has 0 aliphatic heterocycles. The number of hydrogen-bond donors (Lipinski definition) is 0. The molecule has 0 saturated carbocycles. The minimum atomic E-state index is -7.97. The standard InChI is InChI=1S/C13H11F13O2/c1-4-7(27)28-6(3)5(2)8(14,15)9(16,17)10(18,19)11(20,21)12(22,23)13(24,25)26/h4-6H,1H2,2-3H3. The summed E-state index contributed by atoms with van der Waals surface area (Å²) in [5.41, 5.74) is 0. The predicted octanol–water partition coefficient (Wildman–Crippen LogP) is 5.48. The Morgan fingerprint density at radius 1 is 0.750 bits per heavy atom. The molecule has 0 N–H and O–H groups in total.